The Morgan fingerprint density at radius 2 is 2.00 bits per heavy atom. The maximum atomic E-state index is 14.2. The van der Waals surface area contributed by atoms with Crippen LogP contribution in [-0.2, 0) is 16.4 Å². The quantitative estimate of drug-likeness (QED) is 0.924. The molecule has 126 valence electrons. The van der Waals surface area contributed by atoms with E-state index in [9.17, 15) is 22.7 Å². The van der Waals surface area contributed by atoms with Crippen LogP contribution in [0.5, 0.6) is 0 Å². The van der Waals surface area contributed by atoms with Crippen LogP contribution in [0.3, 0.4) is 0 Å². The van der Waals surface area contributed by atoms with E-state index in [0.717, 1.165) is 10.4 Å². The van der Waals surface area contributed by atoms with Gasteiger partial charge in [0.15, 0.2) is 0 Å². The summed E-state index contributed by atoms with van der Waals surface area (Å²) in [5.41, 5.74) is 1.07. The molecule has 0 fully saturated rings. The van der Waals surface area contributed by atoms with Crippen LogP contribution in [0.2, 0.25) is 0 Å². The number of fused-ring (bicyclic) bond motifs is 1. The van der Waals surface area contributed by atoms with Crippen LogP contribution < -0.4 is 4.31 Å². The molecule has 7 heteroatoms. The third kappa shape index (κ3) is 2.65. The molecule has 2 aromatic rings. The molecule has 0 bridgehead atoms. The van der Waals surface area contributed by atoms with Crippen molar-refractivity contribution in [3.63, 3.8) is 0 Å². The van der Waals surface area contributed by atoms with Crippen molar-refractivity contribution < 1.29 is 22.7 Å². The van der Waals surface area contributed by atoms with E-state index < -0.39 is 21.8 Å². The molecule has 2 aromatic carbocycles. The van der Waals surface area contributed by atoms with Gasteiger partial charge in [0.2, 0.25) is 0 Å². The lowest BCUT2D eigenvalue weighted by Gasteiger charge is -2.30. The lowest BCUT2D eigenvalue weighted by atomic mass is 10.0. The standard InChI is InChI=1S/C17H16FNO4S/c1-11-7-8-13(10-14(11)17(20)21)24(22,23)19-9-3-5-12-4-2-6-15(18)16(12)19/h2,4,6-8,10H,3,5,9H2,1H3,(H,20,21). The number of rotatable bonds is 3. The normalized spacial score (nSPS) is 14.3. The third-order valence-electron chi connectivity index (χ3n) is 4.15. The number of halogens is 1. The Labute approximate surface area is 139 Å². The highest BCUT2D eigenvalue weighted by Crippen LogP contribution is 2.34. The number of nitrogens with zero attached hydrogens (tertiary/aromatic N) is 1. The van der Waals surface area contributed by atoms with Crippen LogP contribution in [0.15, 0.2) is 41.3 Å². The second-order valence-corrected chi connectivity index (χ2v) is 7.57. The summed E-state index contributed by atoms with van der Waals surface area (Å²) in [6, 6.07) is 8.41. The Morgan fingerprint density at radius 3 is 2.71 bits per heavy atom. The first-order valence-corrected chi connectivity index (χ1v) is 8.90. The molecule has 0 amide bonds. The Hall–Kier alpha value is -2.41. The van der Waals surface area contributed by atoms with Crippen molar-refractivity contribution in [1.29, 1.82) is 0 Å². The summed E-state index contributed by atoms with van der Waals surface area (Å²) in [6.45, 7) is 1.75. The van der Waals surface area contributed by atoms with E-state index in [2.05, 4.69) is 0 Å². The number of carboxylic acid groups (broad SMARTS) is 1. The maximum absolute atomic E-state index is 14.2. The minimum Gasteiger partial charge on any atom is -0.478 e. The van der Waals surface area contributed by atoms with Gasteiger partial charge in [-0.05, 0) is 49.1 Å². The third-order valence-corrected chi connectivity index (χ3v) is 5.95. The number of aromatic carboxylic acids is 1. The fourth-order valence-electron chi connectivity index (χ4n) is 2.93. The van der Waals surface area contributed by atoms with E-state index in [1.165, 1.54) is 18.2 Å². The van der Waals surface area contributed by atoms with Gasteiger partial charge >= 0.3 is 5.97 Å². The smallest absolute Gasteiger partial charge is 0.335 e. The summed E-state index contributed by atoms with van der Waals surface area (Å²) in [7, 11) is -4.04. The lowest BCUT2D eigenvalue weighted by molar-refractivity contribution is 0.0696. The Morgan fingerprint density at radius 1 is 1.25 bits per heavy atom. The second kappa shape index (κ2) is 5.90. The van der Waals surface area contributed by atoms with E-state index >= 15 is 0 Å². The summed E-state index contributed by atoms with van der Waals surface area (Å²) < 4.78 is 41.2. The van der Waals surface area contributed by atoms with E-state index in [-0.39, 0.29) is 22.7 Å². The highest BCUT2D eigenvalue weighted by atomic mass is 32.2. The molecule has 1 heterocycles. The van der Waals surface area contributed by atoms with Crippen molar-refractivity contribution in [2.75, 3.05) is 10.8 Å². The van der Waals surface area contributed by atoms with Crippen LogP contribution >= 0.6 is 0 Å². The van der Waals surface area contributed by atoms with Crippen LogP contribution in [0.4, 0.5) is 10.1 Å². The number of hydrogen-bond acceptors (Lipinski definition) is 3. The van der Waals surface area contributed by atoms with Crippen LogP contribution in [-0.4, -0.2) is 26.0 Å². The van der Waals surface area contributed by atoms with Crippen molar-refractivity contribution in [3.05, 3.63) is 58.9 Å². The molecule has 0 unspecified atom stereocenters. The fourth-order valence-corrected chi connectivity index (χ4v) is 4.50. The number of carbonyl (C=O) groups is 1. The first kappa shape index (κ1) is 16.4. The average molecular weight is 349 g/mol. The monoisotopic (exact) mass is 349 g/mol. The van der Waals surface area contributed by atoms with Crippen molar-refractivity contribution in [3.8, 4) is 0 Å². The SMILES string of the molecule is Cc1ccc(S(=O)(=O)N2CCCc3cccc(F)c32)cc1C(=O)O. The number of hydrogen-bond donors (Lipinski definition) is 1. The highest BCUT2D eigenvalue weighted by Gasteiger charge is 2.32. The summed E-state index contributed by atoms with van der Waals surface area (Å²) in [5, 5.41) is 9.20. The van der Waals surface area contributed by atoms with E-state index in [1.807, 2.05) is 0 Å². The predicted molar refractivity (Wildman–Crippen MR) is 87.4 cm³/mol. The molecule has 0 radical (unpaired) electrons. The minimum atomic E-state index is -4.04. The molecule has 0 aliphatic carbocycles. The van der Waals surface area contributed by atoms with Crippen molar-refractivity contribution in [2.24, 2.45) is 0 Å². The molecule has 0 atom stereocenters. The number of para-hydroxylation sites is 1. The van der Waals surface area contributed by atoms with Gasteiger partial charge in [0.25, 0.3) is 10.0 Å². The minimum absolute atomic E-state index is 0.0567. The molecule has 1 aliphatic rings. The zero-order chi connectivity index (χ0) is 17.5. The molecule has 5 nitrogen and oxygen atoms in total. The van der Waals surface area contributed by atoms with Gasteiger partial charge in [-0.15, -0.1) is 0 Å². The summed E-state index contributed by atoms with van der Waals surface area (Å²) in [4.78, 5) is 11.1. The zero-order valence-corrected chi connectivity index (χ0v) is 13.8. The number of carboxylic acids is 1. The van der Waals surface area contributed by atoms with Gasteiger partial charge in [-0.25, -0.2) is 17.6 Å². The Balaban J connectivity index is 2.14. The largest absolute Gasteiger partial charge is 0.478 e. The average Bonchev–Trinajstić information content (AvgIpc) is 2.54. The molecule has 3 rings (SSSR count). The molecule has 0 spiro atoms. The maximum Gasteiger partial charge on any atom is 0.335 e. The van der Waals surface area contributed by atoms with Crippen molar-refractivity contribution >= 4 is 21.7 Å². The Kier molecular flexibility index (Phi) is 4.04. The van der Waals surface area contributed by atoms with E-state index in [4.69, 9.17) is 0 Å². The van der Waals surface area contributed by atoms with E-state index in [0.29, 0.717) is 24.0 Å². The van der Waals surface area contributed by atoms with Crippen molar-refractivity contribution in [1.82, 2.24) is 0 Å². The molecule has 24 heavy (non-hydrogen) atoms. The predicted octanol–water partition coefficient (Wildman–Crippen LogP) is 2.97. The van der Waals surface area contributed by atoms with Gasteiger partial charge in [-0.1, -0.05) is 18.2 Å². The molecule has 0 saturated carbocycles. The summed E-state index contributed by atoms with van der Waals surface area (Å²) in [6.07, 6.45) is 1.18. The molecule has 0 aromatic heterocycles. The summed E-state index contributed by atoms with van der Waals surface area (Å²) in [5.74, 6) is -1.80. The van der Waals surface area contributed by atoms with Gasteiger partial charge < -0.3 is 5.11 Å². The highest BCUT2D eigenvalue weighted by molar-refractivity contribution is 7.92. The first-order valence-electron chi connectivity index (χ1n) is 7.46. The topological polar surface area (TPSA) is 74.7 Å². The van der Waals surface area contributed by atoms with Crippen LogP contribution in [0.1, 0.15) is 27.9 Å². The van der Waals surface area contributed by atoms with Gasteiger partial charge in [-0.2, -0.15) is 0 Å². The van der Waals surface area contributed by atoms with Gasteiger partial charge in [0.1, 0.15) is 5.82 Å². The fraction of sp³-hybridized carbons (Fsp3) is 0.235. The molecular formula is C17H16FNO4S. The van der Waals surface area contributed by atoms with Crippen molar-refractivity contribution in [2.45, 2.75) is 24.7 Å². The second-order valence-electron chi connectivity index (χ2n) is 5.71. The van der Waals surface area contributed by atoms with Gasteiger partial charge in [0.05, 0.1) is 16.1 Å². The van der Waals surface area contributed by atoms with Crippen LogP contribution in [0, 0.1) is 12.7 Å². The van der Waals surface area contributed by atoms with Crippen LogP contribution in [0.25, 0.3) is 0 Å². The molecule has 1 aliphatic heterocycles. The number of benzene rings is 2. The number of anilines is 1. The first-order chi connectivity index (χ1) is 11.3. The zero-order valence-electron chi connectivity index (χ0n) is 13.0. The number of aryl methyl sites for hydroxylation is 2. The Bertz CT molecular complexity index is 924. The summed E-state index contributed by atoms with van der Waals surface area (Å²) >= 11 is 0. The number of sulfonamides is 1. The lowest BCUT2D eigenvalue weighted by Crippen LogP contribution is -2.36. The van der Waals surface area contributed by atoms with E-state index in [1.54, 1.807) is 19.1 Å². The van der Waals surface area contributed by atoms with Gasteiger partial charge in [-0.3, -0.25) is 4.31 Å². The molecule has 0 saturated heterocycles. The molecule has 1 N–H and O–H groups in total. The van der Waals surface area contributed by atoms with Gasteiger partial charge in [0, 0.05) is 6.54 Å². The molecular weight excluding hydrogens is 333 g/mol.